The van der Waals surface area contributed by atoms with Crippen molar-refractivity contribution in [2.45, 2.75) is 0 Å². The van der Waals surface area contributed by atoms with Crippen LogP contribution in [-0.2, 0) is 7.05 Å². The lowest BCUT2D eigenvalue weighted by atomic mass is 10.2. The fourth-order valence-electron chi connectivity index (χ4n) is 1.15. The van der Waals surface area contributed by atoms with Crippen molar-refractivity contribution in [2.24, 2.45) is 7.05 Å². The lowest BCUT2D eigenvalue weighted by Crippen LogP contribution is -1.88. The standard InChI is InChI=1S/C8H6N4/c1-12-7-4-2-3-6(5-9)8(7)10-11-12/h2-4H,1H3. The third-order valence-corrected chi connectivity index (χ3v) is 1.76. The molecule has 0 atom stereocenters. The lowest BCUT2D eigenvalue weighted by Gasteiger charge is -1.90. The predicted molar refractivity (Wildman–Crippen MR) is 43.2 cm³/mol. The van der Waals surface area contributed by atoms with Crippen LogP contribution in [0.4, 0.5) is 0 Å². The molecule has 0 aliphatic rings. The van der Waals surface area contributed by atoms with E-state index in [0.717, 1.165) is 5.52 Å². The van der Waals surface area contributed by atoms with Crippen molar-refractivity contribution in [3.63, 3.8) is 0 Å². The molecule has 0 amide bonds. The SMILES string of the molecule is Cn1nnc2c(C#N)cccc21. The van der Waals surface area contributed by atoms with Crippen molar-refractivity contribution >= 4 is 11.0 Å². The van der Waals surface area contributed by atoms with Gasteiger partial charge in [-0.1, -0.05) is 11.3 Å². The molecule has 0 aliphatic heterocycles. The smallest absolute Gasteiger partial charge is 0.130 e. The first-order chi connectivity index (χ1) is 5.83. The molecule has 0 fully saturated rings. The Morgan fingerprint density at radius 3 is 3.08 bits per heavy atom. The molecule has 0 saturated heterocycles. The number of hydrogen-bond donors (Lipinski definition) is 0. The van der Waals surface area contributed by atoms with Crippen LogP contribution in [0.2, 0.25) is 0 Å². The summed E-state index contributed by atoms with van der Waals surface area (Å²) < 4.78 is 1.65. The van der Waals surface area contributed by atoms with Gasteiger partial charge in [0.1, 0.15) is 11.6 Å². The zero-order valence-corrected chi connectivity index (χ0v) is 6.52. The van der Waals surface area contributed by atoms with E-state index in [1.165, 1.54) is 0 Å². The van der Waals surface area contributed by atoms with Gasteiger partial charge in [-0.3, -0.25) is 0 Å². The van der Waals surface area contributed by atoms with Crippen LogP contribution in [0.15, 0.2) is 18.2 Å². The molecular weight excluding hydrogens is 152 g/mol. The largest absolute Gasteiger partial charge is 0.248 e. The highest BCUT2D eigenvalue weighted by atomic mass is 15.4. The summed E-state index contributed by atoms with van der Waals surface area (Å²) in [6.07, 6.45) is 0. The highest BCUT2D eigenvalue weighted by Crippen LogP contribution is 2.13. The lowest BCUT2D eigenvalue weighted by molar-refractivity contribution is 0.736. The Balaban J connectivity index is 2.92. The molecule has 0 spiro atoms. The normalized spacial score (nSPS) is 10.0. The summed E-state index contributed by atoms with van der Waals surface area (Å²) in [6, 6.07) is 7.51. The van der Waals surface area contributed by atoms with Crippen LogP contribution in [0.3, 0.4) is 0 Å². The van der Waals surface area contributed by atoms with Gasteiger partial charge in [-0.25, -0.2) is 4.68 Å². The van der Waals surface area contributed by atoms with Crippen molar-refractivity contribution < 1.29 is 0 Å². The molecule has 1 heterocycles. The fraction of sp³-hybridized carbons (Fsp3) is 0.125. The number of benzene rings is 1. The van der Waals surface area contributed by atoms with E-state index in [1.54, 1.807) is 17.8 Å². The number of aryl methyl sites for hydroxylation is 1. The Hall–Kier alpha value is -1.89. The fourth-order valence-corrected chi connectivity index (χ4v) is 1.15. The van der Waals surface area contributed by atoms with Crippen LogP contribution in [0.25, 0.3) is 11.0 Å². The third kappa shape index (κ3) is 0.768. The van der Waals surface area contributed by atoms with Crippen molar-refractivity contribution in [1.29, 1.82) is 5.26 Å². The maximum absolute atomic E-state index is 8.72. The Labute approximate surface area is 69.0 Å². The minimum absolute atomic E-state index is 0.570. The average molecular weight is 158 g/mol. The monoisotopic (exact) mass is 158 g/mol. The second-order valence-corrected chi connectivity index (χ2v) is 2.50. The summed E-state index contributed by atoms with van der Waals surface area (Å²) in [5, 5.41) is 16.4. The highest BCUT2D eigenvalue weighted by Gasteiger charge is 2.04. The van der Waals surface area contributed by atoms with E-state index in [9.17, 15) is 0 Å². The maximum Gasteiger partial charge on any atom is 0.130 e. The van der Waals surface area contributed by atoms with E-state index in [-0.39, 0.29) is 0 Å². The molecule has 0 N–H and O–H groups in total. The molecule has 0 unspecified atom stereocenters. The van der Waals surface area contributed by atoms with Crippen LogP contribution < -0.4 is 0 Å². The van der Waals surface area contributed by atoms with Gasteiger partial charge in [0.2, 0.25) is 0 Å². The molecule has 1 aromatic heterocycles. The van der Waals surface area contributed by atoms with Gasteiger partial charge in [-0.05, 0) is 12.1 Å². The van der Waals surface area contributed by atoms with Crippen LogP contribution in [0.5, 0.6) is 0 Å². The number of hydrogen-bond acceptors (Lipinski definition) is 3. The number of nitriles is 1. The maximum atomic E-state index is 8.72. The molecule has 0 aliphatic carbocycles. The van der Waals surface area contributed by atoms with E-state index in [4.69, 9.17) is 5.26 Å². The Morgan fingerprint density at radius 1 is 1.50 bits per heavy atom. The molecule has 58 valence electrons. The second kappa shape index (κ2) is 2.31. The van der Waals surface area contributed by atoms with E-state index < -0.39 is 0 Å². The molecule has 4 nitrogen and oxygen atoms in total. The van der Waals surface area contributed by atoms with Gasteiger partial charge < -0.3 is 0 Å². The number of fused-ring (bicyclic) bond motifs is 1. The molecule has 4 heteroatoms. The Bertz CT molecular complexity index is 463. The average Bonchev–Trinajstić information content (AvgIpc) is 2.48. The second-order valence-electron chi connectivity index (χ2n) is 2.50. The van der Waals surface area contributed by atoms with Crippen molar-refractivity contribution in [3.8, 4) is 6.07 Å². The Morgan fingerprint density at radius 2 is 2.33 bits per heavy atom. The highest BCUT2D eigenvalue weighted by molar-refractivity contribution is 5.80. The first kappa shape index (κ1) is 6.80. The zero-order chi connectivity index (χ0) is 8.55. The summed E-state index contributed by atoms with van der Waals surface area (Å²) in [7, 11) is 1.80. The third-order valence-electron chi connectivity index (χ3n) is 1.76. The van der Waals surface area contributed by atoms with Crippen molar-refractivity contribution in [1.82, 2.24) is 15.0 Å². The summed E-state index contributed by atoms with van der Waals surface area (Å²) in [4.78, 5) is 0. The van der Waals surface area contributed by atoms with E-state index >= 15 is 0 Å². The summed E-state index contributed by atoms with van der Waals surface area (Å²) in [5.41, 5.74) is 2.12. The van der Waals surface area contributed by atoms with Crippen molar-refractivity contribution in [3.05, 3.63) is 23.8 Å². The van der Waals surface area contributed by atoms with Gasteiger partial charge in [-0.2, -0.15) is 5.26 Å². The number of aromatic nitrogens is 3. The molecule has 2 aromatic rings. The molecule has 2 rings (SSSR count). The van der Waals surface area contributed by atoms with Gasteiger partial charge >= 0.3 is 0 Å². The van der Waals surface area contributed by atoms with Crippen LogP contribution >= 0.6 is 0 Å². The van der Waals surface area contributed by atoms with E-state index in [1.807, 2.05) is 12.1 Å². The zero-order valence-electron chi connectivity index (χ0n) is 6.52. The van der Waals surface area contributed by atoms with Crippen molar-refractivity contribution in [2.75, 3.05) is 0 Å². The number of nitrogens with zero attached hydrogens (tertiary/aromatic N) is 4. The molecule has 0 saturated carbocycles. The summed E-state index contributed by atoms with van der Waals surface area (Å²) >= 11 is 0. The molecule has 12 heavy (non-hydrogen) atoms. The van der Waals surface area contributed by atoms with Gasteiger partial charge in [0.25, 0.3) is 0 Å². The molecule has 0 bridgehead atoms. The first-order valence-electron chi connectivity index (χ1n) is 3.51. The van der Waals surface area contributed by atoms with Gasteiger partial charge in [0.15, 0.2) is 0 Å². The van der Waals surface area contributed by atoms with E-state index in [2.05, 4.69) is 16.4 Å². The quantitative estimate of drug-likeness (QED) is 0.570. The number of rotatable bonds is 0. The molecule has 1 aromatic carbocycles. The minimum atomic E-state index is 0.570. The van der Waals surface area contributed by atoms with E-state index in [0.29, 0.717) is 11.1 Å². The summed E-state index contributed by atoms with van der Waals surface area (Å²) in [5.74, 6) is 0. The van der Waals surface area contributed by atoms with Gasteiger partial charge in [0, 0.05) is 7.05 Å². The summed E-state index contributed by atoms with van der Waals surface area (Å²) in [6.45, 7) is 0. The van der Waals surface area contributed by atoms with Gasteiger partial charge in [0.05, 0.1) is 11.1 Å². The van der Waals surface area contributed by atoms with Gasteiger partial charge in [-0.15, -0.1) is 5.10 Å². The minimum Gasteiger partial charge on any atom is -0.248 e. The molecule has 0 radical (unpaired) electrons. The Kier molecular flexibility index (Phi) is 1.31. The first-order valence-corrected chi connectivity index (χ1v) is 3.51. The van der Waals surface area contributed by atoms with Crippen LogP contribution in [0.1, 0.15) is 5.56 Å². The topological polar surface area (TPSA) is 54.5 Å². The van der Waals surface area contributed by atoms with Crippen LogP contribution in [-0.4, -0.2) is 15.0 Å². The van der Waals surface area contributed by atoms with Crippen LogP contribution in [0, 0.1) is 11.3 Å². The predicted octanol–water partition coefficient (Wildman–Crippen LogP) is 0.840. The molecular formula is C8H6N4.